The summed E-state index contributed by atoms with van der Waals surface area (Å²) >= 11 is 0. The number of hydrogen-bond donors (Lipinski definition) is 3. The zero-order chi connectivity index (χ0) is 17.8. The van der Waals surface area contributed by atoms with Crippen molar-refractivity contribution >= 4 is 36.4 Å². The minimum absolute atomic E-state index is 0. The number of halogens is 2. The third kappa shape index (κ3) is 5.37. The zero-order valence-corrected chi connectivity index (χ0v) is 17.3. The first-order valence-corrected chi connectivity index (χ1v) is 8.86. The van der Waals surface area contributed by atoms with E-state index in [0.29, 0.717) is 11.8 Å². The average Bonchev–Trinajstić information content (AvgIpc) is 3.03. The molecule has 0 aliphatic heterocycles. The largest absolute Gasteiger partial charge is 0.481 e. The van der Waals surface area contributed by atoms with Gasteiger partial charge < -0.3 is 15.8 Å². The summed E-state index contributed by atoms with van der Waals surface area (Å²) in [6, 6.07) is 7.22. The fourth-order valence-corrected chi connectivity index (χ4v) is 3.55. The van der Waals surface area contributed by atoms with Crippen LogP contribution in [0.4, 0.5) is 5.69 Å². The highest BCUT2D eigenvalue weighted by molar-refractivity contribution is 5.95. The molecule has 1 aliphatic rings. The Labute approximate surface area is 172 Å². The average molecular weight is 415 g/mol. The molecule has 0 unspecified atom stereocenters. The van der Waals surface area contributed by atoms with E-state index in [1.54, 1.807) is 7.11 Å². The lowest BCUT2D eigenvalue weighted by Crippen LogP contribution is -2.42. The van der Waals surface area contributed by atoms with Crippen LogP contribution in [0.5, 0.6) is 5.88 Å². The first-order chi connectivity index (χ1) is 12.1. The Morgan fingerprint density at radius 1 is 1.22 bits per heavy atom. The molecule has 0 saturated heterocycles. The van der Waals surface area contributed by atoms with Gasteiger partial charge in [0.2, 0.25) is 11.8 Å². The number of aromatic amines is 1. The molecule has 1 heterocycles. The number of nitrogens with one attached hydrogen (secondary N) is 2. The van der Waals surface area contributed by atoms with Crippen LogP contribution in [0.1, 0.15) is 37.8 Å². The number of anilines is 1. The highest BCUT2D eigenvalue weighted by atomic mass is 35.5. The summed E-state index contributed by atoms with van der Waals surface area (Å²) in [5.41, 5.74) is 9.70. The van der Waals surface area contributed by atoms with Gasteiger partial charge in [-0.2, -0.15) is 5.10 Å². The molecule has 0 radical (unpaired) electrons. The molecule has 27 heavy (non-hydrogen) atoms. The summed E-state index contributed by atoms with van der Waals surface area (Å²) in [6.07, 6.45) is 5.70. The molecule has 4 N–H and O–H groups in total. The van der Waals surface area contributed by atoms with Crippen LogP contribution < -0.4 is 15.8 Å². The van der Waals surface area contributed by atoms with Crippen molar-refractivity contribution in [1.29, 1.82) is 0 Å². The Balaban J connectivity index is 0.00000182. The lowest BCUT2D eigenvalue weighted by atomic mass is 9.84. The van der Waals surface area contributed by atoms with Crippen molar-refractivity contribution in [3.05, 3.63) is 30.0 Å². The van der Waals surface area contributed by atoms with Crippen molar-refractivity contribution in [3.8, 4) is 17.0 Å². The Bertz CT molecular complexity index is 728. The van der Waals surface area contributed by atoms with Gasteiger partial charge in [0.25, 0.3) is 0 Å². The summed E-state index contributed by atoms with van der Waals surface area (Å²) in [4.78, 5) is 12.4. The maximum absolute atomic E-state index is 12.4. The van der Waals surface area contributed by atoms with Crippen LogP contribution in [-0.4, -0.2) is 29.3 Å². The standard InChI is InChI=1S/C19H26N4O2.2ClH/c1-12-16(19(25-2)23-22-12)13-8-10-15(11-9-13)21-18(24)17(20)14-6-4-3-5-7-14;;/h8-11,14,17H,3-7,20H2,1-2H3,(H,21,24)(H,22,23);2*1H/t17-;;/m0../s1. The molecule has 1 atom stereocenters. The highest BCUT2D eigenvalue weighted by Crippen LogP contribution is 2.32. The van der Waals surface area contributed by atoms with Crippen molar-refractivity contribution in [3.63, 3.8) is 0 Å². The molecule has 1 saturated carbocycles. The number of hydrogen-bond acceptors (Lipinski definition) is 4. The van der Waals surface area contributed by atoms with E-state index in [2.05, 4.69) is 15.5 Å². The number of carbonyl (C=O) groups is 1. The molecule has 6 nitrogen and oxygen atoms in total. The van der Waals surface area contributed by atoms with Gasteiger partial charge in [0.05, 0.1) is 24.4 Å². The first kappa shape index (κ1) is 23.3. The predicted octanol–water partition coefficient (Wildman–Crippen LogP) is 4.08. The van der Waals surface area contributed by atoms with Crippen LogP contribution in [0.15, 0.2) is 24.3 Å². The van der Waals surface area contributed by atoms with Crippen molar-refractivity contribution < 1.29 is 9.53 Å². The number of nitrogens with two attached hydrogens (primary N) is 1. The van der Waals surface area contributed by atoms with E-state index in [1.807, 2.05) is 31.2 Å². The topological polar surface area (TPSA) is 93.0 Å². The van der Waals surface area contributed by atoms with Gasteiger partial charge in [0, 0.05) is 5.69 Å². The Morgan fingerprint density at radius 3 is 2.44 bits per heavy atom. The summed E-state index contributed by atoms with van der Waals surface area (Å²) in [6.45, 7) is 1.92. The Morgan fingerprint density at radius 2 is 1.85 bits per heavy atom. The molecular formula is C19H28Cl2N4O2. The van der Waals surface area contributed by atoms with Gasteiger partial charge in [-0.05, 0) is 43.4 Å². The summed E-state index contributed by atoms with van der Waals surface area (Å²) in [5.74, 6) is 0.830. The second-order valence-electron chi connectivity index (χ2n) is 6.71. The van der Waals surface area contributed by atoms with Crippen molar-refractivity contribution in [1.82, 2.24) is 10.2 Å². The predicted molar refractivity (Wildman–Crippen MR) is 113 cm³/mol. The summed E-state index contributed by atoms with van der Waals surface area (Å²) in [5, 5.41) is 9.97. The van der Waals surface area contributed by atoms with E-state index >= 15 is 0 Å². The molecule has 1 aromatic heterocycles. The van der Waals surface area contributed by atoms with E-state index in [-0.39, 0.29) is 30.7 Å². The van der Waals surface area contributed by atoms with Gasteiger partial charge in [0.1, 0.15) is 0 Å². The van der Waals surface area contributed by atoms with Crippen molar-refractivity contribution in [2.75, 3.05) is 12.4 Å². The molecular weight excluding hydrogens is 387 g/mol. The lowest BCUT2D eigenvalue weighted by molar-refractivity contribution is -0.118. The quantitative estimate of drug-likeness (QED) is 0.686. The van der Waals surface area contributed by atoms with E-state index in [4.69, 9.17) is 10.5 Å². The monoisotopic (exact) mass is 414 g/mol. The van der Waals surface area contributed by atoms with Gasteiger partial charge in [-0.1, -0.05) is 31.4 Å². The number of ether oxygens (including phenoxy) is 1. The Kier molecular flexibility index (Phi) is 9.09. The summed E-state index contributed by atoms with van der Waals surface area (Å²) < 4.78 is 5.31. The van der Waals surface area contributed by atoms with E-state index < -0.39 is 6.04 Å². The number of nitrogens with zero attached hydrogens (tertiary/aromatic N) is 1. The molecule has 3 rings (SSSR count). The van der Waals surface area contributed by atoms with E-state index in [9.17, 15) is 4.79 Å². The first-order valence-electron chi connectivity index (χ1n) is 8.86. The van der Waals surface area contributed by atoms with Gasteiger partial charge in [0.15, 0.2) is 0 Å². The van der Waals surface area contributed by atoms with Crippen LogP contribution in [0.25, 0.3) is 11.1 Å². The molecule has 1 amide bonds. The molecule has 1 fully saturated rings. The van der Waals surface area contributed by atoms with Crippen molar-refractivity contribution in [2.24, 2.45) is 11.7 Å². The Hall–Kier alpha value is -1.76. The molecule has 1 aromatic carbocycles. The second-order valence-corrected chi connectivity index (χ2v) is 6.71. The number of aryl methyl sites for hydroxylation is 1. The normalized spacial score (nSPS) is 15.2. The van der Waals surface area contributed by atoms with Crippen LogP contribution >= 0.6 is 24.8 Å². The number of carbonyl (C=O) groups excluding carboxylic acids is 1. The fourth-order valence-electron chi connectivity index (χ4n) is 3.55. The molecule has 0 bridgehead atoms. The minimum Gasteiger partial charge on any atom is -0.481 e. The van der Waals surface area contributed by atoms with Crippen LogP contribution in [0.2, 0.25) is 0 Å². The minimum atomic E-state index is -0.434. The maximum atomic E-state index is 12.4. The molecule has 8 heteroatoms. The van der Waals surface area contributed by atoms with Gasteiger partial charge in [-0.25, -0.2) is 5.10 Å². The van der Waals surface area contributed by atoms with Gasteiger partial charge in [-0.3, -0.25) is 4.79 Å². The second kappa shape index (κ2) is 10.5. The molecule has 0 spiro atoms. The fraction of sp³-hybridized carbons (Fsp3) is 0.474. The third-order valence-corrected chi connectivity index (χ3v) is 5.02. The zero-order valence-electron chi connectivity index (χ0n) is 15.7. The number of methoxy groups -OCH3 is 1. The smallest absolute Gasteiger partial charge is 0.241 e. The maximum Gasteiger partial charge on any atom is 0.241 e. The molecule has 1 aliphatic carbocycles. The highest BCUT2D eigenvalue weighted by Gasteiger charge is 2.26. The number of benzene rings is 1. The number of rotatable bonds is 5. The van der Waals surface area contributed by atoms with Crippen LogP contribution in [0, 0.1) is 12.8 Å². The van der Waals surface area contributed by atoms with Crippen LogP contribution in [0.3, 0.4) is 0 Å². The van der Waals surface area contributed by atoms with E-state index in [0.717, 1.165) is 35.3 Å². The lowest BCUT2D eigenvalue weighted by Gasteiger charge is -2.26. The van der Waals surface area contributed by atoms with E-state index in [1.165, 1.54) is 19.3 Å². The molecule has 2 aromatic rings. The summed E-state index contributed by atoms with van der Waals surface area (Å²) in [7, 11) is 1.61. The SMILES string of the molecule is COc1[nH]nc(C)c1-c1ccc(NC(=O)[C@@H](N)C2CCCCC2)cc1.Cl.Cl. The van der Waals surface area contributed by atoms with Crippen molar-refractivity contribution in [2.45, 2.75) is 45.1 Å². The molecule has 150 valence electrons. The number of H-pyrrole nitrogens is 1. The third-order valence-electron chi connectivity index (χ3n) is 5.02. The number of amides is 1. The van der Waals surface area contributed by atoms with Gasteiger partial charge >= 0.3 is 0 Å². The van der Waals surface area contributed by atoms with Crippen LogP contribution in [-0.2, 0) is 4.79 Å². The number of aromatic nitrogens is 2. The van der Waals surface area contributed by atoms with Gasteiger partial charge in [-0.15, -0.1) is 24.8 Å².